The fraction of sp³-hybridized carbons (Fsp3) is 0.417. The summed E-state index contributed by atoms with van der Waals surface area (Å²) in [4.78, 5) is 10.8. The van der Waals surface area contributed by atoms with Crippen molar-refractivity contribution in [2.75, 3.05) is 20.2 Å². The number of sulfonamides is 1. The third-order valence-corrected chi connectivity index (χ3v) is 4.53. The Morgan fingerprint density at radius 1 is 1.42 bits per heavy atom. The lowest BCUT2D eigenvalue weighted by Gasteiger charge is -2.19. The van der Waals surface area contributed by atoms with E-state index in [0.29, 0.717) is 5.56 Å². The first-order valence-corrected chi connectivity index (χ1v) is 7.10. The predicted octanol–water partition coefficient (Wildman–Crippen LogP) is 1.32. The molecule has 0 aliphatic heterocycles. The second kappa shape index (κ2) is 6.12. The lowest BCUT2D eigenvalue weighted by Crippen LogP contribution is -2.36. The normalized spacial score (nSPS) is 11.6. The van der Waals surface area contributed by atoms with E-state index in [1.807, 2.05) is 0 Å². The molecule has 0 unspecified atom stereocenters. The number of methoxy groups -OCH3 is 1. The van der Waals surface area contributed by atoms with Crippen molar-refractivity contribution < 1.29 is 22.3 Å². The molecule has 0 aliphatic carbocycles. The molecule has 0 aromatic heterocycles. The second-order valence-corrected chi connectivity index (χ2v) is 5.85. The highest BCUT2D eigenvalue weighted by molar-refractivity contribution is 7.89. The molecular weight excluding hydrogens is 273 g/mol. The number of hydrogen-bond donors (Lipinski definition) is 0. The molecule has 5 nitrogen and oxygen atoms in total. The van der Waals surface area contributed by atoms with Gasteiger partial charge in [0.25, 0.3) is 0 Å². The second-order valence-electron chi connectivity index (χ2n) is 3.94. The molecule has 1 rings (SSSR count). The summed E-state index contributed by atoms with van der Waals surface area (Å²) >= 11 is 0. The van der Waals surface area contributed by atoms with Gasteiger partial charge in [0.15, 0.2) is 0 Å². The maximum Gasteiger partial charge on any atom is 0.321 e. The number of esters is 1. The summed E-state index contributed by atoms with van der Waals surface area (Å²) in [6.07, 6.45) is 0. The van der Waals surface area contributed by atoms with Gasteiger partial charge in [-0.1, -0.05) is 13.0 Å². The van der Waals surface area contributed by atoms with Crippen LogP contribution in [0.4, 0.5) is 4.39 Å². The van der Waals surface area contributed by atoms with Gasteiger partial charge in [0.05, 0.1) is 7.11 Å². The number of carbonyl (C=O) groups excluding carboxylic acids is 1. The van der Waals surface area contributed by atoms with E-state index >= 15 is 0 Å². The van der Waals surface area contributed by atoms with E-state index in [2.05, 4.69) is 4.74 Å². The van der Waals surface area contributed by atoms with Gasteiger partial charge in [0, 0.05) is 6.54 Å². The zero-order chi connectivity index (χ0) is 14.6. The van der Waals surface area contributed by atoms with E-state index in [0.717, 1.165) is 17.5 Å². The van der Waals surface area contributed by atoms with Crippen molar-refractivity contribution in [2.24, 2.45) is 0 Å². The largest absolute Gasteiger partial charge is 0.468 e. The highest BCUT2D eigenvalue weighted by Gasteiger charge is 2.28. The SMILES string of the molecule is CCN(CC(=O)OC)S(=O)(=O)c1cc(C)ccc1F. The third-order valence-electron chi connectivity index (χ3n) is 2.59. The quantitative estimate of drug-likeness (QED) is 0.767. The summed E-state index contributed by atoms with van der Waals surface area (Å²) in [6.45, 7) is 2.83. The lowest BCUT2D eigenvalue weighted by molar-refractivity contribution is -0.140. The summed E-state index contributed by atoms with van der Waals surface area (Å²) < 4.78 is 43.5. The van der Waals surface area contributed by atoms with Crippen molar-refractivity contribution in [3.8, 4) is 0 Å². The number of carbonyl (C=O) groups is 1. The molecule has 106 valence electrons. The molecule has 0 atom stereocenters. The Kier molecular flexibility index (Phi) is 5.02. The van der Waals surface area contributed by atoms with Gasteiger partial charge in [-0.15, -0.1) is 0 Å². The number of hydrogen-bond acceptors (Lipinski definition) is 4. The van der Waals surface area contributed by atoms with Crippen LogP contribution in [-0.2, 0) is 19.6 Å². The maximum atomic E-state index is 13.7. The summed E-state index contributed by atoms with van der Waals surface area (Å²) in [7, 11) is -2.89. The molecule has 0 N–H and O–H groups in total. The minimum Gasteiger partial charge on any atom is -0.468 e. The van der Waals surface area contributed by atoms with Crippen LogP contribution in [0.1, 0.15) is 12.5 Å². The van der Waals surface area contributed by atoms with Gasteiger partial charge in [-0.2, -0.15) is 4.31 Å². The number of rotatable bonds is 5. The number of halogens is 1. The highest BCUT2D eigenvalue weighted by Crippen LogP contribution is 2.20. The Labute approximate surface area is 112 Å². The molecule has 0 fully saturated rings. The average molecular weight is 289 g/mol. The molecule has 19 heavy (non-hydrogen) atoms. The topological polar surface area (TPSA) is 63.7 Å². The summed E-state index contributed by atoms with van der Waals surface area (Å²) in [5.74, 6) is -1.53. The molecule has 0 radical (unpaired) electrons. The van der Waals surface area contributed by atoms with Crippen molar-refractivity contribution in [3.05, 3.63) is 29.6 Å². The van der Waals surface area contributed by atoms with Crippen molar-refractivity contribution in [1.29, 1.82) is 0 Å². The molecule has 1 aromatic rings. The van der Waals surface area contributed by atoms with Crippen LogP contribution in [0.25, 0.3) is 0 Å². The van der Waals surface area contributed by atoms with Gasteiger partial charge in [-0.05, 0) is 24.6 Å². The molecule has 0 saturated carbocycles. The van der Waals surface area contributed by atoms with Crippen molar-refractivity contribution in [2.45, 2.75) is 18.7 Å². The predicted molar refractivity (Wildman–Crippen MR) is 67.6 cm³/mol. The van der Waals surface area contributed by atoms with E-state index in [1.165, 1.54) is 12.1 Å². The van der Waals surface area contributed by atoms with Gasteiger partial charge in [0.2, 0.25) is 10.0 Å². The van der Waals surface area contributed by atoms with Crippen LogP contribution >= 0.6 is 0 Å². The van der Waals surface area contributed by atoms with Crippen LogP contribution in [0.3, 0.4) is 0 Å². The number of aryl methyl sites for hydroxylation is 1. The Bertz CT molecular complexity index is 571. The number of nitrogens with zero attached hydrogens (tertiary/aromatic N) is 1. The Hall–Kier alpha value is -1.47. The summed E-state index contributed by atoms with van der Waals surface area (Å²) in [5.41, 5.74) is 0.620. The molecule has 0 saturated heterocycles. The van der Waals surface area contributed by atoms with Crippen LogP contribution < -0.4 is 0 Å². The van der Waals surface area contributed by atoms with E-state index in [4.69, 9.17) is 0 Å². The van der Waals surface area contributed by atoms with Gasteiger partial charge < -0.3 is 4.74 Å². The van der Waals surface area contributed by atoms with Gasteiger partial charge >= 0.3 is 5.97 Å². The molecule has 0 amide bonds. The minimum atomic E-state index is -4.05. The van der Waals surface area contributed by atoms with Crippen LogP contribution in [-0.4, -0.2) is 38.9 Å². The van der Waals surface area contributed by atoms with Gasteiger partial charge in [-0.25, -0.2) is 12.8 Å². The number of ether oxygens (including phenoxy) is 1. The summed E-state index contributed by atoms with van der Waals surface area (Å²) in [6, 6.07) is 3.81. The molecule has 0 spiro atoms. The van der Waals surface area contributed by atoms with Gasteiger partial charge in [-0.3, -0.25) is 4.79 Å². The first-order valence-electron chi connectivity index (χ1n) is 5.66. The monoisotopic (exact) mass is 289 g/mol. The zero-order valence-electron chi connectivity index (χ0n) is 11.0. The van der Waals surface area contributed by atoms with Crippen molar-refractivity contribution >= 4 is 16.0 Å². The minimum absolute atomic E-state index is 0.0464. The first kappa shape index (κ1) is 15.6. The van der Waals surface area contributed by atoms with E-state index in [-0.39, 0.29) is 6.54 Å². The molecule has 0 heterocycles. The maximum absolute atomic E-state index is 13.7. The van der Waals surface area contributed by atoms with Crippen molar-refractivity contribution in [1.82, 2.24) is 4.31 Å². The standard InChI is InChI=1S/C12H16FNO4S/c1-4-14(8-12(15)18-3)19(16,17)11-7-9(2)5-6-10(11)13/h5-7H,4,8H2,1-3H3. The zero-order valence-corrected chi connectivity index (χ0v) is 11.8. The first-order chi connectivity index (χ1) is 8.82. The van der Waals surface area contributed by atoms with Crippen LogP contribution in [0.2, 0.25) is 0 Å². The molecule has 0 bridgehead atoms. The number of likely N-dealkylation sites (N-methyl/N-ethyl adjacent to an activating group) is 1. The highest BCUT2D eigenvalue weighted by atomic mass is 32.2. The fourth-order valence-corrected chi connectivity index (χ4v) is 3.07. The van der Waals surface area contributed by atoms with Gasteiger partial charge in [0.1, 0.15) is 17.3 Å². The lowest BCUT2D eigenvalue weighted by atomic mass is 10.2. The smallest absolute Gasteiger partial charge is 0.321 e. The van der Waals surface area contributed by atoms with E-state index in [1.54, 1.807) is 13.8 Å². The molecule has 1 aromatic carbocycles. The Morgan fingerprint density at radius 3 is 2.58 bits per heavy atom. The van der Waals surface area contributed by atoms with Crippen molar-refractivity contribution in [3.63, 3.8) is 0 Å². The average Bonchev–Trinajstić information content (AvgIpc) is 2.37. The Balaban J connectivity index is 3.20. The number of benzene rings is 1. The molecule has 0 aliphatic rings. The molecular formula is C12H16FNO4S. The van der Waals surface area contributed by atoms with Crippen LogP contribution in [0.5, 0.6) is 0 Å². The molecule has 7 heteroatoms. The van der Waals surface area contributed by atoms with E-state index in [9.17, 15) is 17.6 Å². The third kappa shape index (κ3) is 3.51. The Morgan fingerprint density at radius 2 is 2.05 bits per heavy atom. The summed E-state index contributed by atoms with van der Waals surface area (Å²) in [5, 5.41) is 0. The van der Waals surface area contributed by atoms with Crippen LogP contribution in [0.15, 0.2) is 23.1 Å². The van der Waals surface area contributed by atoms with E-state index < -0.39 is 33.3 Å². The fourth-order valence-electron chi connectivity index (χ4n) is 1.52. The van der Waals surface area contributed by atoms with Crippen LogP contribution in [0, 0.1) is 12.7 Å².